The fourth-order valence-electron chi connectivity index (χ4n) is 0.640. The number of ketones is 1. The molecule has 0 radical (unpaired) electrons. The highest BCUT2D eigenvalue weighted by Crippen LogP contribution is 2.22. The summed E-state index contributed by atoms with van der Waals surface area (Å²) >= 11 is 0. The first-order valence-electron chi connectivity index (χ1n) is 3.37. The van der Waals surface area contributed by atoms with Gasteiger partial charge in [-0.25, -0.2) is 13.2 Å². The normalized spacial score (nSPS) is 11.2. The highest BCUT2D eigenvalue weighted by atomic mass is 19.1. The van der Waals surface area contributed by atoms with E-state index < -0.39 is 37.6 Å². The van der Waals surface area contributed by atoms with E-state index in [1.807, 2.05) is 0 Å². The molecule has 0 amide bonds. The molecular formula is C7H10F3NO. The Labute approximate surface area is 68.3 Å². The predicted molar refractivity (Wildman–Crippen MR) is 38.8 cm³/mol. The van der Waals surface area contributed by atoms with Gasteiger partial charge in [0.25, 0.3) is 0 Å². The Kier molecular flexibility index (Phi) is 4.54. The molecule has 0 aromatic heterocycles. The fraction of sp³-hybridized carbons (Fsp3) is 0.714. The molecule has 0 aliphatic rings. The zero-order chi connectivity index (χ0) is 9.61. The van der Waals surface area contributed by atoms with Gasteiger partial charge in [-0.2, -0.15) is 0 Å². The van der Waals surface area contributed by atoms with Crippen LogP contribution in [0.4, 0.5) is 13.2 Å². The van der Waals surface area contributed by atoms with Crippen molar-refractivity contribution in [2.75, 3.05) is 20.0 Å². The molecule has 0 aliphatic carbocycles. The molecule has 0 bridgehead atoms. The molecular weight excluding hydrogens is 171 g/mol. The summed E-state index contributed by atoms with van der Waals surface area (Å²) in [5.41, 5.74) is -2.16. The van der Waals surface area contributed by atoms with E-state index >= 15 is 0 Å². The Morgan fingerprint density at radius 1 is 1.25 bits per heavy atom. The predicted octanol–water partition coefficient (Wildman–Crippen LogP) is 1.49. The van der Waals surface area contributed by atoms with Gasteiger partial charge in [0.05, 0.1) is 0 Å². The smallest absolute Gasteiger partial charge is 0.152 e. The summed E-state index contributed by atoms with van der Waals surface area (Å²) in [5.74, 6) is -0.898. The van der Waals surface area contributed by atoms with Crippen molar-refractivity contribution < 1.29 is 18.0 Å². The highest BCUT2D eigenvalue weighted by molar-refractivity contribution is 5.95. The molecule has 0 heterocycles. The summed E-state index contributed by atoms with van der Waals surface area (Å²) in [5, 5.41) is 6.53. The lowest BCUT2D eigenvalue weighted by atomic mass is 9.86. The van der Waals surface area contributed by atoms with Crippen molar-refractivity contribution in [3.05, 3.63) is 0 Å². The summed E-state index contributed by atoms with van der Waals surface area (Å²) in [6.07, 6.45) is 0.288. The average molecular weight is 181 g/mol. The van der Waals surface area contributed by atoms with E-state index in [-0.39, 0.29) is 0 Å². The van der Waals surface area contributed by atoms with E-state index in [9.17, 15) is 18.0 Å². The zero-order valence-corrected chi connectivity index (χ0v) is 6.45. The topological polar surface area (TPSA) is 40.9 Å². The maximum absolute atomic E-state index is 12.1. The van der Waals surface area contributed by atoms with Crippen molar-refractivity contribution in [1.82, 2.24) is 0 Å². The minimum atomic E-state index is -2.16. The maximum atomic E-state index is 12.1. The van der Waals surface area contributed by atoms with Crippen molar-refractivity contribution in [1.29, 1.82) is 5.41 Å². The molecule has 1 N–H and O–H groups in total. The summed E-state index contributed by atoms with van der Waals surface area (Å²) in [6, 6.07) is 0. The average Bonchev–Trinajstić information content (AvgIpc) is 2.09. The van der Waals surface area contributed by atoms with Crippen molar-refractivity contribution in [3.63, 3.8) is 0 Å². The van der Waals surface area contributed by atoms with Crippen molar-refractivity contribution in [2.24, 2.45) is 5.41 Å². The van der Waals surface area contributed by atoms with Crippen LogP contribution in [-0.4, -0.2) is 32.0 Å². The third-order valence-electron chi connectivity index (χ3n) is 1.65. The van der Waals surface area contributed by atoms with Gasteiger partial charge < -0.3 is 5.41 Å². The van der Waals surface area contributed by atoms with Crippen LogP contribution in [0, 0.1) is 10.8 Å². The molecule has 0 unspecified atom stereocenters. The van der Waals surface area contributed by atoms with Crippen LogP contribution in [0.15, 0.2) is 0 Å². The minimum absolute atomic E-state index is 0.419. The molecule has 70 valence electrons. The van der Waals surface area contributed by atoms with Crippen LogP contribution in [-0.2, 0) is 4.79 Å². The van der Waals surface area contributed by atoms with E-state index in [2.05, 4.69) is 0 Å². The summed E-state index contributed by atoms with van der Waals surface area (Å²) in [6.45, 7) is -4.06. The number of carbonyl (C=O) groups excluding carboxylic acids is 1. The first-order chi connectivity index (χ1) is 5.66. The second kappa shape index (κ2) is 4.90. The van der Waals surface area contributed by atoms with Gasteiger partial charge >= 0.3 is 0 Å². The maximum Gasteiger partial charge on any atom is 0.152 e. The Balaban J connectivity index is 4.46. The number of Topliss-reactive ketones (excluding diaryl/α,β-unsaturated/α-hetero) is 1. The molecule has 12 heavy (non-hydrogen) atoms. The summed E-state index contributed by atoms with van der Waals surface area (Å²) in [7, 11) is 0. The number of carbonyl (C=O) groups is 1. The molecule has 0 saturated heterocycles. The highest BCUT2D eigenvalue weighted by Gasteiger charge is 2.38. The molecule has 0 aromatic carbocycles. The molecule has 0 atom stereocenters. The van der Waals surface area contributed by atoms with Gasteiger partial charge in [-0.1, -0.05) is 0 Å². The van der Waals surface area contributed by atoms with Gasteiger partial charge in [-0.15, -0.1) is 0 Å². The van der Waals surface area contributed by atoms with Crippen LogP contribution < -0.4 is 0 Å². The minimum Gasteiger partial charge on any atom is -0.313 e. The van der Waals surface area contributed by atoms with Crippen LogP contribution in [0.3, 0.4) is 0 Å². The molecule has 0 saturated carbocycles. The second-order valence-corrected chi connectivity index (χ2v) is 2.51. The summed E-state index contributed by atoms with van der Waals surface area (Å²) < 4.78 is 36.3. The monoisotopic (exact) mass is 181 g/mol. The van der Waals surface area contributed by atoms with Gasteiger partial charge in [0.1, 0.15) is 25.4 Å². The quantitative estimate of drug-likeness (QED) is 0.619. The number of halogens is 3. The first kappa shape index (κ1) is 11.1. The van der Waals surface area contributed by atoms with Crippen LogP contribution in [0.5, 0.6) is 0 Å². The lowest BCUT2D eigenvalue weighted by molar-refractivity contribution is -0.130. The van der Waals surface area contributed by atoms with Crippen molar-refractivity contribution in [2.45, 2.75) is 6.42 Å². The van der Waals surface area contributed by atoms with E-state index in [1.165, 1.54) is 0 Å². The standard InChI is InChI=1S/C7H10F3NO/c8-3-7(4-9,5-10)6(12)1-2-11/h2,11H,1,3-5H2. The molecule has 0 aliphatic heterocycles. The largest absolute Gasteiger partial charge is 0.313 e. The molecule has 0 rings (SSSR count). The first-order valence-corrected chi connectivity index (χ1v) is 3.37. The Morgan fingerprint density at radius 3 is 1.92 bits per heavy atom. The van der Waals surface area contributed by atoms with Crippen molar-refractivity contribution >= 4 is 12.0 Å². The number of rotatable bonds is 6. The number of nitrogens with one attached hydrogen (secondary N) is 1. The van der Waals surface area contributed by atoms with Gasteiger partial charge in [0.2, 0.25) is 0 Å². The van der Waals surface area contributed by atoms with E-state index in [0.29, 0.717) is 6.21 Å². The van der Waals surface area contributed by atoms with Gasteiger partial charge in [0.15, 0.2) is 5.78 Å². The number of hydrogen-bond donors (Lipinski definition) is 1. The zero-order valence-electron chi connectivity index (χ0n) is 6.45. The molecule has 0 spiro atoms. The van der Waals surface area contributed by atoms with Crippen LogP contribution in [0.2, 0.25) is 0 Å². The third kappa shape index (κ3) is 2.06. The van der Waals surface area contributed by atoms with Gasteiger partial charge in [-0.05, 0) is 0 Å². The van der Waals surface area contributed by atoms with Crippen molar-refractivity contribution in [3.8, 4) is 0 Å². The Hall–Kier alpha value is -0.870. The SMILES string of the molecule is N=CCC(=O)C(CF)(CF)CF. The van der Waals surface area contributed by atoms with E-state index in [4.69, 9.17) is 5.41 Å². The molecule has 0 aromatic rings. The van der Waals surface area contributed by atoms with E-state index in [0.717, 1.165) is 0 Å². The van der Waals surface area contributed by atoms with Crippen LogP contribution in [0.25, 0.3) is 0 Å². The van der Waals surface area contributed by atoms with Crippen LogP contribution >= 0.6 is 0 Å². The lowest BCUT2D eigenvalue weighted by Gasteiger charge is -2.21. The van der Waals surface area contributed by atoms with Gasteiger partial charge in [-0.3, -0.25) is 4.79 Å². The molecule has 0 fully saturated rings. The van der Waals surface area contributed by atoms with E-state index in [1.54, 1.807) is 0 Å². The Morgan fingerprint density at radius 2 is 1.67 bits per heavy atom. The number of alkyl halides is 3. The molecule has 5 heteroatoms. The van der Waals surface area contributed by atoms with Gasteiger partial charge in [0, 0.05) is 12.6 Å². The second-order valence-electron chi connectivity index (χ2n) is 2.51. The third-order valence-corrected chi connectivity index (χ3v) is 1.65. The lowest BCUT2D eigenvalue weighted by Crippen LogP contribution is -2.38. The molecule has 2 nitrogen and oxygen atoms in total. The summed E-state index contributed by atoms with van der Waals surface area (Å²) in [4.78, 5) is 10.9. The Bertz CT molecular complexity index is 160. The van der Waals surface area contributed by atoms with Crippen LogP contribution in [0.1, 0.15) is 6.42 Å². The number of hydrogen-bond acceptors (Lipinski definition) is 2. The fourth-order valence-corrected chi connectivity index (χ4v) is 0.640.